The first-order valence-electron chi connectivity index (χ1n) is 8.86. The zero-order chi connectivity index (χ0) is 20.6. The van der Waals surface area contributed by atoms with Gasteiger partial charge < -0.3 is 15.2 Å². The quantitative estimate of drug-likeness (QED) is 0.680. The molecule has 152 valence electrons. The first-order chi connectivity index (χ1) is 13.8. The number of phenols is 1. The number of ether oxygens (including phenoxy) is 1. The molecule has 1 fully saturated rings. The number of hydrogen-bond acceptors (Lipinski definition) is 7. The molecule has 1 unspecified atom stereocenters. The highest BCUT2D eigenvalue weighted by molar-refractivity contribution is 5.69. The molecule has 2 aromatic heterocycles. The van der Waals surface area contributed by atoms with Gasteiger partial charge in [-0.3, -0.25) is 0 Å². The number of aryl methyl sites for hydroxylation is 1. The van der Waals surface area contributed by atoms with Crippen LogP contribution in [0.5, 0.6) is 5.75 Å². The number of alkyl halides is 3. The Morgan fingerprint density at radius 2 is 2.10 bits per heavy atom. The van der Waals surface area contributed by atoms with E-state index in [9.17, 15) is 18.3 Å². The van der Waals surface area contributed by atoms with Crippen molar-refractivity contribution < 1.29 is 23.0 Å². The predicted molar refractivity (Wildman–Crippen MR) is 96.4 cm³/mol. The minimum absolute atomic E-state index is 0.0867. The molecule has 11 heteroatoms. The topological polar surface area (TPSA) is 98.0 Å². The molecule has 1 aromatic carbocycles. The van der Waals surface area contributed by atoms with Gasteiger partial charge in [-0.15, -0.1) is 10.2 Å². The second-order valence-corrected chi connectivity index (χ2v) is 6.60. The van der Waals surface area contributed by atoms with Crippen molar-refractivity contribution in [2.75, 3.05) is 11.9 Å². The number of aromatic nitrogens is 5. The average Bonchev–Trinajstić information content (AvgIpc) is 3.33. The zero-order valence-electron chi connectivity index (χ0n) is 15.3. The Balaban J connectivity index is 1.54. The van der Waals surface area contributed by atoms with Crippen LogP contribution < -0.4 is 5.32 Å². The van der Waals surface area contributed by atoms with Gasteiger partial charge in [0.05, 0.1) is 29.3 Å². The van der Waals surface area contributed by atoms with E-state index in [0.717, 1.165) is 25.0 Å². The van der Waals surface area contributed by atoms with E-state index in [1.165, 1.54) is 0 Å². The molecule has 0 aliphatic carbocycles. The van der Waals surface area contributed by atoms with Crippen LogP contribution in [0.15, 0.2) is 30.6 Å². The molecule has 3 aromatic rings. The van der Waals surface area contributed by atoms with Gasteiger partial charge in [0.25, 0.3) is 0 Å². The van der Waals surface area contributed by atoms with Crippen LogP contribution in [0.25, 0.3) is 11.3 Å². The number of anilines is 2. The van der Waals surface area contributed by atoms with E-state index in [-0.39, 0.29) is 23.4 Å². The fraction of sp³-hybridized carbons (Fsp3) is 0.333. The van der Waals surface area contributed by atoms with Crippen molar-refractivity contribution >= 4 is 11.6 Å². The highest BCUT2D eigenvalue weighted by Gasteiger charge is 2.31. The molecule has 0 saturated carbocycles. The van der Waals surface area contributed by atoms with Gasteiger partial charge in [-0.25, -0.2) is 9.67 Å². The van der Waals surface area contributed by atoms with Crippen LogP contribution >= 0.6 is 0 Å². The number of aromatic hydroxyl groups is 1. The molecule has 1 atom stereocenters. The van der Waals surface area contributed by atoms with Crippen LogP contribution in [0.1, 0.15) is 30.3 Å². The van der Waals surface area contributed by atoms with Gasteiger partial charge in [-0.2, -0.15) is 18.3 Å². The third-order valence-corrected chi connectivity index (χ3v) is 4.50. The standard InChI is InChI=1S/C18H17F3N6O2/c1-10-16(13-5-4-11(7-14(13)28)18(19,20)21)25-26-17(23-10)24-12-8-22-27(9-12)15-3-2-6-29-15/h4-5,7-9,15,28H,2-3,6H2,1H3,(H,23,24,26). The van der Waals surface area contributed by atoms with E-state index in [0.29, 0.717) is 24.1 Å². The molecule has 2 N–H and O–H groups in total. The highest BCUT2D eigenvalue weighted by Crippen LogP contribution is 2.36. The summed E-state index contributed by atoms with van der Waals surface area (Å²) in [5.41, 5.74) is 0.403. The van der Waals surface area contributed by atoms with Gasteiger partial charge in [0.2, 0.25) is 5.95 Å². The maximum Gasteiger partial charge on any atom is 0.416 e. The summed E-state index contributed by atoms with van der Waals surface area (Å²) >= 11 is 0. The number of benzene rings is 1. The molecular weight excluding hydrogens is 389 g/mol. The molecule has 1 saturated heterocycles. The fourth-order valence-electron chi connectivity index (χ4n) is 3.07. The summed E-state index contributed by atoms with van der Waals surface area (Å²) in [5, 5.41) is 25.2. The summed E-state index contributed by atoms with van der Waals surface area (Å²) in [7, 11) is 0. The summed E-state index contributed by atoms with van der Waals surface area (Å²) in [5.74, 6) is -0.345. The van der Waals surface area contributed by atoms with Gasteiger partial charge in [-0.05, 0) is 38.0 Å². The Bertz CT molecular complexity index is 1030. The van der Waals surface area contributed by atoms with E-state index in [4.69, 9.17) is 4.74 Å². The summed E-state index contributed by atoms with van der Waals surface area (Å²) < 4.78 is 45.6. The van der Waals surface area contributed by atoms with Crippen molar-refractivity contribution in [3.05, 3.63) is 41.9 Å². The lowest BCUT2D eigenvalue weighted by Crippen LogP contribution is -2.07. The summed E-state index contributed by atoms with van der Waals surface area (Å²) in [6.45, 7) is 2.33. The predicted octanol–water partition coefficient (Wildman–Crippen LogP) is 3.82. The monoisotopic (exact) mass is 406 g/mol. The Morgan fingerprint density at radius 3 is 2.76 bits per heavy atom. The number of rotatable bonds is 4. The van der Waals surface area contributed by atoms with Crippen molar-refractivity contribution in [1.82, 2.24) is 25.0 Å². The smallest absolute Gasteiger partial charge is 0.416 e. The molecule has 0 amide bonds. The lowest BCUT2D eigenvalue weighted by atomic mass is 10.1. The average molecular weight is 406 g/mol. The third kappa shape index (κ3) is 3.99. The van der Waals surface area contributed by atoms with Gasteiger partial charge in [-0.1, -0.05) is 0 Å². The molecule has 8 nitrogen and oxygen atoms in total. The van der Waals surface area contributed by atoms with Crippen LogP contribution in [0.2, 0.25) is 0 Å². The SMILES string of the molecule is Cc1nc(Nc2cnn(C3CCCO3)c2)nnc1-c1ccc(C(F)(F)F)cc1O. The van der Waals surface area contributed by atoms with E-state index >= 15 is 0 Å². The lowest BCUT2D eigenvalue weighted by Gasteiger charge is -2.11. The van der Waals surface area contributed by atoms with Crippen LogP contribution in [-0.4, -0.2) is 36.7 Å². The summed E-state index contributed by atoms with van der Waals surface area (Å²) in [6.07, 6.45) is 0.620. The molecule has 1 aliphatic rings. The highest BCUT2D eigenvalue weighted by atomic mass is 19.4. The lowest BCUT2D eigenvalue weighted by molar-refractivity contribution is -0.137. The van der Waals surface area contributed by atoms with Gasteiger partial charge in [0.15, 0.2) is 0 Å². The second-order valence-electron chi connectivity index (χ2n) is 6.60. The maximum absolute atomic E-state index is 12.8. The van der Waals surface area contributed by atoms with Crippen LogP contribution in [0, 0.1) is 6.92 Å². The fourth-order valence-corrected chi connectivity index (χ4v) is 3.07. The maximum atomic E-state index is 12.8. The zero-order valence-corrected chi connectivity index (χ0v) is 15.3. The largest absolute Gasteiger partial charge is 0.507 e. The van der Waals surface area contributed by atoms with Gasteiger partial charge in [0.1, 0.15) is 17.7 Å². The Labute approximate surface area is 163 Å². The van der Waals surface area contributed by atoms with E-state index in [1.54, 1.807) is 24.0 Å². The van der Waals surface area contributed by atoms with Crippen molar-refractivity contribution in [2.24, 2.45) is 0 Å². The minimum atomic E-state index is -4.54. The van der Waals surface area contributed by atoms with Crippen LogP contribution in [-0.2, 0) is 10.9 Å². The molecule has 29 heavy (non-hydrogen) atoms. The van der Waals surface area contributed by atoms with Gasteiger partial charge >= 0.3 is 6.18 Å². The molecule has 1 aliphatic heterocycles. The van der Waals surface area contributed by atoms with Crippen molar-refractivity contribution in [3.63, 3.8) is 0 Å². The molecular formula is C18H17F3N6O2. The number of phenolic OH excluding ortho intramolecular Hbond substituents is 1. The number of nitrogens with one attached hydrogen (secondary N) is 1. The molecule has 0 radical (unpaired) electrons. The van der Waals surface area contributed by atoms with Crippen LogP contribution in [0.3, 0.4) is 0 Å². The first-order valence-corrected chi connectivity index (χ1v) is 8.86. The Morgan fingerprint density at radius 1 is 1.28 bits per heavy atom. The van der Waals surface area contributed by atoms with E-state index < -0.39 is 17.5 Å². The number of nitrogens with zero attached hydrogens (tertiary/aromatic N) is 5. The molecule has 0 spiro atoms. The second kappa shape index (κ2) is 7.32. The third-order valence-electron chi connectivity index (χ3n) is 4.50. The normalized spacial score (nSPS) is 16.9. The first kappa shape index (κ1) is 19.1. The van der Waals surface area contributed by atoms with Crippen LogP contribution in [0.4, 0.5) is 24.8 Å². The summed E-state index contributed by atoms with van der Waals surface area (Å²) in [6, 6.07) is 2.68. The van der Waals surface area contributed by atoms with Gasteiger partial charge in [0, 0.05) is 12.2 Å². The molecule has 0 bridgehead atoms. The minimum Gasteiger partial charge on any atom is -0.507 e. The van der Waals surface area contributed by atoms with Crippen molar-refractivity contribution in [3.8, 4) is 17.0 Å². The van der Waals surface area contributed by atoms with Crippen molar-refractivity contribution in [1.29, 1.82) is 0 Å². The van der Waals surface area contributed by atoms with E-state index in [1.807, 2.05) is 0 Å². The summed E-state index contributed by atoms with van der Waals surface area (Å²) in [4.78, 5) is 4.28. The molecule has 4 rings (SSSR count). The van der Waals surface area contributed by atoms with E-state index in [2.05, 4.69) is 25.6 Å². The Hall–Kier alpha value is -3.21. The molecule has 3 heterocycles. The Kier molecular flexibility index (Phi) is 4.82. The number of hydrogen-bond donors (Lipinski definition) is 2. The number of halogens is 3. The van der Waals surface area contributed by atoms with Crippen molar-refractivity contribution in [2.45, 2.75) is 32.2 Å².